The first kappa shape index (κ1) is 15.2. The van der Waals surface area contributed by atoms with Crippen molar-refractivity contribution in [1.29, 1.82) is 0 Å². The van der Waals surface area contributed by atoms with Crippen LogP contribution in [0.3, 0.4) is 0 Å². The van der Waals surface area contributed by atoms with Crippen LogP contribution in [0.15, 0.2) is 30.3 Å². The molecule has 1 aromatic rings. The zero-order chi connectivity index (χ0) is 13.6. The molecule has 0 aliphatic carbocycles. The zero-order valence-electron chi connectivity index (χ0n) is 11.1. The Bertz CT molecular complexity index is 373. The molecule has 0 bridgehead atoms. The molecule has 0 heterocycles. The van der Waals surface area contributed by atoms with E-state index in [4.69, 9.17) is 4.74 Å². The highest BCUT2D eigenvalue weighted by molar-refractivity contribution is 9.09. The van der Waals surface area contributed by atoms with Gasteiger partial charge in [0.1, 0.15) is 6.61 Å². The van der Waals surface area contributed by atoms with Gasteiger partial charge in [-0.2, -0.15) is 0 Å². The molecule has 0 aromatic heterocycles. The van der Waals surface area contributed by atoms with Gasteiger partial charge in [0.2, 0.25) is 5.91 Å². The minimum Gasteiger partial charge on any atom is -0.366 e. The van der Waals surface area contributed by atoms with Gasteiger partial charge in [0.15, 0.2) is 0 Å². The molecular formula is C14H20BrNO2. The summed E-state index contributed by atoms with van der Waals surface area (Å²) in [7, 11) is 0. The van der Waals surface area contributed by atoms with E-state index in [1.807, 2.05) is 51.1 Å². The second-order valence-electron chi connectivity index (χ2n) is 5.09. The molecule has 0 fully saturated rings. The topological polar surface area (TPSA) is 38.3 Å². The lowest BCUT2D eigenvalue weighted by Gasteiger charge is -2.21. The summed E-state index contributed by atoms with van der Waals surface area (Å²) in [5.74, 6) is -0.0989. The molecule has 1 rings (SSSR count). The van der Waals surface area contributed by atoms with E-state index in [9.17, 15) is 4.79 Å². The number of alkyl halides is 1. The highest BCUT2D eigenvalue weighted by atomic mass is 79.9. The van der Waals surface area contributed by atoms with E-state index in [1.165, 1.54) is 0 Å². The molecule has 3 nitrogen and oxygen atoms in total. The van der Waals surface area contributed by atoms with Crippen molar-refractivity contribution >= 4 is 21.8 Å². The summed E-state index contributed by atoms with van der Waals surface area (Å²) in [4.78, 5) is 11.8. The van der Waals surface area contributed by atoms with Crippen LogP contribution < -0.4 is 5.32 Å². The molecule has 18 heavy (non-hydrogen) atoms. The number of rotatable bonds is 5. The normalized spacial score (nSPS) is 13.1. The third-order valence-corrected chi connectivity index (χ3v) is 2.98. The minimum absolute atomic E-state index is 0.0257. The number of nitrogens with one attached hydrogen (secondary N) is 1. The molecule has 100 valence electrons. The van der Waals surface area contributed by atoms with Gasteiger partial charge < -0.3 is 10.1 Å². The van der Waals surface area contributed by atoms with E-state index in [0.717, 1.165) is 5.56 Å². The Labute approximate surface area is 117 Å². The lowest BCUT2D eigenvalue weighted by molar-refractivity contribution is -0.131. The SMILES string of the molecule is CC(C)(C)OCC(=O)NC(CBr)c1ccccc1. The molecule has 0 radical (unpaired) electrons. The van der Waals surface area contributed by atoms with Crippen molar-refractivity contribution in [3.63, 3.8) is 0 Å². The summed E-state index contributed by atoms with van der Waals surface area (Å²) in [6, 6.07) is 9.85. The number of ether oxygens (including phenoxy) is 1. The second kappa shape index (κ2) is 6.90. The average Bonchev–Trinajstić information content (AvgIpc) is 2.33. The van der Waals surface area contributed by atoms with Crippen molar-refractivity contribution < 1.29 is 9.53 Å². The lowest BCUT2D eigenvalue weighted by Crippen LogP contribution is -2.35. The number of carbonyl (C=O) groups excluding carboxylic acids is 1. The highest BCUT2D eigenvalue weighted by Crippen LogP contribution is 2.15. The maximum Gasteiger partial charge on any atom is 0.246 e. The van der Waals surface area contributed by atoms with E-state index in [-0.39, 0.29) is 24.2 Å². The molecule has 0 aliphatic heterocycles. The third-order valence-electron chi connectivity index (χ3n) is 2.33. The van der Waals surface area contributed by atoms with Crippen LogP contribution in [0.2, 0.25) is 0 Å². The standard InChI is InChI=1S/C14H20BrNO2/c1-14(2,3)18-10-13(17)16-12(9-15)11-7-5-4-6-8-11/h4-8,12H,9-10H2,1-3H3,(H,16,17). The van der Waals surface area contributed by atoms with Crippen molar-refractivity contribution in [3.8, 4) is 0 Å². The number of hydrogen-bond acceptors (Lipinski definition) is 2. The Morgan fingerprint density at radius 2 is 1.94 bits per heavy atom. The van der Waals surface area contributed by atoms with Crippen LogP contribution in [0, 0.1) is 0 Å². The van der Waals surface area contributed by atoms with Crippen molar-refractivity contribution in [2.75, 3.05) is 11.9 Å². The van der Waals surface area contributed by atoms with Crippen molar-refractivity contribution in [3.05, 3.63) is 35.9 Å². The van der Waals surface area contributed by atoms with E-state index in [0.29, 0.717) is 5.33 Å². The van der Waals surface area contributed by atoms with Gasteiger partial charge in [-0.1, -0.05) is 46.3 Å². The van der Waals surface area contributed by atoms with Gasteiger partial charge in [-0.15, -0.1) is 0 Å². The molecule has 1 unspecified atom stereocenters. The number of carbonyl (C=O) groups is 1. The summed E-state index contributed by atoms with van der Waals surface area (Å²) in [5, 5.41) is 3.62. The molecule has 4 heteroatoms. The van der Waals surface area contributed by atoms with Crippen LogP contribution in [0.1, 0.15) is 32.4 Å². The van der Waals surface area contributed by atoms with Gasteiger partial charge in [0.25, 0.3) is 0 Å². The second-order valence-corrected chi connectivity index (χ2v) is 5.73. The fourth-order valence-electron chi connectivity index (χ4n) is 1.41. The molecular weight excluding hydrogens is 294 g/mol. The lowest BCUT2D eigenvalue weighted by atomic mass is 10.1. The van der Waals surface area contributed by atoms with Gasteiger partial charge in [0.05, 0.1) is 11.6 Å². The summed E-state index contributed by atoms with van der Waals surface area (Å²) in [6.45, 7) is 5.87. The average molecular weight is 314 g/mol. The number of benzene rings is 1. The van der Waals surface area contributed by atoms with Crippen molar-refractivity contribution in [2.24, 2.45) is 0 Å². The quantitative estimate of drug-likeness (QED) is 0.848. The molecule has 0 aliphatic rings. The molecule has 1 aromatic carbocycles. The van der Waals surface area contributed by atoms with Crippen LogP contribution in [-0.4, -0.2) is 23.4 Å². The zero-order valence-corrected chi connectivity index (χ0v) is 12.7. The van der Waals surface area contributed by atoms with Crippen LogP contribution in [0.25, 0.3) is 0 Å². The van der Waals surface area contributed by atoms with E-state index < -0.39 is 0 Å². The van der Waals surface area contributed by atoms with Crippen LogP contribution in [-0.2, 0) is 9.53 Å². The Hall–Kier alpha value is -0.870. The molecule has 1 atom stereocenters. The summed E-state index contributed by atoms with van der Waals surface area (Å²) >= 11 is 3.42. The van der Waals surface area contributed by atoms with Gasteiger partial charge in [-0.05, 0) is 26.3 Å². The van der Waals surface area contributed by atoms with Crippen molar-refractivity contribution in [1.82, 2.24) is 5.32 Å². The molecule has 1 amide bonds. The highest BCUT2D eigenvalue weighted by Gasteiger charge is 2.16. The van der Waals surface area contributed by atoms with Gasteiger partial charge in [-0.25, -0.2) is 0 Å². The first-order valence-corrected chi connectivity index (χ1v) is 7.09. The van der Waals surface area contributed by atoms with Crippen LogP contribution in [0.5, 0.6) is 0 Å². The maximum absolute atomic E-state index is 11.8. The van der Waals surface area contributed by atoms with E-state index in [2.05, 4.69) is 21.2 Å². The van der Waals surface area contributed by atoms with Crippen LogP contribution in [0.4, 0.5) is 0 Å². The Kier molecular flexibility index (Phi) is 5.82. The van der Waals surface area contributed by atoms with Crippen LogP contribution >= 0.6 is 15.9 Å². The minimum atomic E-state index is -0.298. The van der Waals surface area contributed by atoms with Gasteiger partial charge in [-0.3, -0.25) is 4.79 Å². The predicted molar refractivity (Wildman–Crippen MR) is 76.8 cm³/mol. The Morgan fingerprint density at radius 1 is 1.33 bits per heavy atom. The summed E-state index contributed by atoms with van der Waals surface area (Å²) < 4.78 is 5.45. The Balaban J connectivity index is 2.51. The molecule has 1 N–H and O–H groups in total. The molecule has 0 saturated heterocycles. The predicted octanol–water partition coefficient (Wildman–Crippen LogP) is 3.05. The number of hydrogen-bond donors (Lipinski definition) is 1. The number of amides is 1. The maximum atomic E-state index is 11.8. The third kappa shape index (κ3) is 5.65. The Morgan fingerprint density at radius 3 is 2.44 bits per heavy atom. The molecule has 0 saturated carbocycles. The fraction of sp³-hybridized carbons (Fsp3) is 0.500. The largest absolute Gasteiger partial charge is 0.366 e. The van der Waals surface area contributed by atoms with Gasteiger partial charge in [0, 0.05) is 5.33 Å². The summed E-state index contributed by atoms with van der Waals surface area (Å²) in [5.41, 5.74) is 0.784. The smallest absolute Gasteiger partial charge is 0.246 e. The van der Waals surface area contributed by atoms with Crippen molar-refractivity contribution in [2.45, 2.75) is 32.4 Å². The van der Waals surface area contributed by atoms with E-state index >= 15 is 0 Å². The fourth-order valence-corrected chi connectivity index (χ4v) is 1.95. The van der Waals surface area contributed by atoms with Gasteiger partial charge >= 0.3 is 0 Å². The molecule has 0 spiro atoms. The first-order chi connectivity index (χ1) is 8.42. The number of halogens is 1. The summed E-state index contributed by atoms with van der Waals surface area (Å²) in [6.07, 6.45) is 0. The monoisotopic (exact) mass is 313 g/mol. The van der Waals surface area contributed by atoms with E-state index in [1.54, 1.807) is 0 Å². The first-order valence-electron chi connectivity index (χ1n) is 5.96.